The molecule has 3 aliphatic rings. The van der Waals surface area contributed by atoms with E-state index in [0.717, 1.165) is 16.7 Å². The number of anilines is 1. The van der Waals surface area contributed by atoms with Crippen LogP contribution in [0.2, 0.25) is 0 Å². The van der Waals surface area contributed by atoms with Gasteiger partial charge in [0.2, 0.25) is 11.8 Å². The molecule has 3 fully saturated rings. The molecule has 0 bridgehead atoms. The number of hydrogen-bond acceptors (Lipinski definition) is 4. The first-order chi connectivity index (χ1) is 17.9. The SMILES string of the molecule is CCN1C(=O)[C@H]2[C@@H](c3ccc(C)cc3)N3C(=O)N(c4ccccc4)C(=O)[C@@]3(Cc3ccccc3)[C@H]2C1=O. The lowest BCUT2D eigenvalue weighted by Gasteiger charge is -2.35. The standard InChI is InChI=1S/C30H27N3O4/c1-3-31-26(34)23-24(27(31)35)30(18-20-10-6-4-7-11-20)28(36)32(22-12-8-5-9-13-22)29(37)33(30)25(23)21-16-14-19(2)15-17-21/h4-17,23-25H,3,18H2,1-2H3/t23-,24-,25-,30-/m1/s1. The van der Waals surface area contributed by atoms with E-state index in [1.165, 1.54) is 9.80 Å². The first-order valence-electron chi connectivity index (χ1n) is 12.6. The van der Waals surface area contributed by atoms with E-state index in [1.807, 2.05) is 67.6 Å². The summed E-state index contributed by atoms with van der Waals surface area (Å²) >= 11 is 0. The highest BCUT2D eigenvalue weighted by molar-refractivity contribution is 6.27. The first-order valence-corrected chi connectivity index (χ1v) is 12.6. The van der Waals surface area contributed by atoms with Gasteiger partial charge in [0.1, 0.15) is 5.54 Å². The van der Waals surface area contributed by atoms with Crippen LogP contribution < -0.4 is 4.90 Å². The molecule has 5 amide bonds. The normalized spacial score (nSPS) is 26.8. The van der Waals surface area contributed by atoms with Crippen LogP contribution in [0.15, 0.2) is 84.9 Å². The number of nitrogens with zero attached hydrogens (tertiary/aromatic N) is 3. The van der Waals surface area contributed by atoms with E-state index in [4.69, 9.17) is 0 Å². The maximum atomic E-state index is 14.5. The number of likely N-dealkylation sites (tertiary alicyclic amines) is 1. The Kier molecular flexibility index (Phi) is 5.26. The van der Waals surface area contributed by atoms with Crippen molar-refractivity contribution in [3.8, 4) is 0 Å². The highest BCUT2D eigenvalue weighted by Crippen LogP contribution is 2.59. The van der Waals surface area contributed by atoms with Crippen molar-refractivity contribution in [2.75, 3.05) is 11.4 Å². The van der Waals surface area contributed by atoms with E-state index in [0.29, 0.717) is 5.69 Å². The summed E-state index contributed by atoms with van der Waals surface area (Å²) < 4.78 is 0. The lowest BCUT2D eigenvalue weighted by Crippen LogP contribution is -2.55. The Morgan fingerprint density at radius 1 is 0.784 bits per heavy atom. The van der Waals surface area contributed by atoms with Crippen LogP contribution in [0.1, 0.15) is 29.7 Å². The molecular formula is C30H27N3O4. The van der Waals surface area contributed by atoms with Crippen LogP contribution in [-0.2, 0) is 20.8 Å². The van der Waals surface area contributed by atoms with Crippen molar-refractivity contribution in [1.82, 2.24) is 9.80 Å². The van der Waals surface area contributed by atoms with Gasteiger partial charge in [-0.25, -0.2) is 9.69 Å². The zero-order chi connectivity index (χ0) is 25.9. The Labute approximate surface area is 215 Å². The summed E-state index contributed by atoms with van der Waals surface area (Å²) in [6.45, 7) is 3.94. The molecule has 7 nitrogen and oxygen atoms in total. The third-order valence-corrected chi connectivity index (χ3v) is 8.04. The number of fused-ring (bicyclic) bond motifs is 3. The zero-order valence-electron chi connectivity index (χ0n) is 20.7. The molecule has 37 heavy (non-hydrogen) atoms. The Hall–Kier alpha value is -4.26. The molecule has 6 rings (SSSR count). The summed E-state index contributed by atoms with van der Waals surface area (Å²) in [6.07, 6.45) is 0.141. The predicted molar refractivity (Wildman–Crippen MR) is 137 cm³/mol. The van der Waals surface area contributed by atoms with Crippen LogP contribution in [0.4, 0.5) is 10.5 Å². The number of imide groups is 2. The first kappa shape index (κ1) is 23.2. The van der Waals surface area contributed by atoms with Gasteiger partial charge in [0.25, 0.3) is 5.91 Å². The van der Waals surface area contributed by atoms with Gasteiger partial charge in [-0.3, -0.25) is 19.3 Å². The van der Waals surface area contributed by atoms with Crippen LogP contribution in [0.5, 0.6) is 0 Å². The minimum absolute atomic E-state index is 0.141. The largest absolute Gasteiger partial charge is 0.332 e. The van der Waals surface area contributed by atoms with Gasteiger partial charge < -0.3 is 4.90 Å². The average Bonchev–Trinajstić information content (AvgIpc) is 3.43. The number of carbonyl (C=O) groups excluding carboxylic acids is 4. The fraction of sp³-hybridized carbons (Fsp3) is 0.267. The Bertz CT molecular complexity index is 1410. The van der Waals surface area contributed by atoms with Crippen molar-refractivity contribution in [2.45, 2.75) is 31.8 Å². The number of aryl methyl sites for hydroxylation is 1. The molecule has 3 heterocycles. The van der Waals surface area contributed by atoms with Crippen LogP contribution >= 0.6 is 0 Å². The molecule has 0 unspecified atom stereocenters. The van der Waals surface area contributed by atoms with Gasteiger partial charge in [0.15, 0.2) is 0 Å². The van der Waals surface area contributed by atoms with Crippen LogP contribution in [0, 0.1) is 18.8 Å². The molecule has 186 valence electrons. The van der Waals surface area contributed by atoms with Gasteiger partial charge in [0, 0.05) is 13.0 Å². The minimum Gasteiger partial charge on any atom is -0.300 e. The Morgan fingerprint density at radius 3 is 2.03 bits per heavy atom. The van der Waals surface area contributed by atoms with Crippen molar-refractivity contribution < 1.29 is 19.2 Å². The molecule has 0 radical (unpaired) electrons. The lowest BCUT2D eigenvalue weighted by atomic mass is 9.75. The quantitative estimate of drug-likeness (QED) is 0.396. The van der Waals surface area contributed by atoms with Gasteiger partial charge in [-0.15, -0.1) is 0 Å². The van der Waals surface area contributed by atoms with Crippen LogP contribution in [0.3, 0.4) is 0 Å². The number of hydrogen-bond donors (Lipinski definition) is 0. The molecule has 0 aliphatic carbocycles. The number of amides is 5. The molecule has 7 heteroatoms. The van der Waals surface area contributed by atoms with E-state index in [2.05, 4.69) is 0 Å². The fourth-order valence-electron chi connectivity index (χ4n) is 6.46. The Morgan fingerprint density at radius 2 is 1.41 bits per heavy atom. The third kappa shape index (κ3) is 3.13. The maximum absolute atomic E-state index is 14.5. The van der Waals surface area contributed by atoms with Gasteiger partial charge >= 0.3 is 6.03 Å². The summed E-state index contributed by atoms with van der Waals surface area (Å²) in [7, 11) is 0. The predicted octanol–water partition coefficient (Wildman–Crippen LogP) is 4.12. The van der Waals surface area contributed by atoms with Gasteiger partial charge in [-0.2, -0.15) is 0 Å². The van der Waals surface area contributed by atoms with Crippen LogP contribution in [-0.4, -0.2) is 45.6 Å². The lowest BCUT2D eigenvalue weighted by molar-refractivity contribution is -0.144. The number of urea groups is 1. The van der Waals surface area contributed by atoms with E-state index < -0.39 is 35.4 Å². The molecule has 0 spiro atoms. The summed E-state index contributed by atoms with van der Waals surface area (Å²) in [6, 6.07) is 24.6. The fourth-order valence-corrected chi connectivity index (χ4v) is 6.46. The van der Waals surface area contributed by atoms with E-state index >= 15 is 0 Å². The second-order valence-electron chi connectivity index (χ2n) is 10.00. The van der Waals surface area contributed by atoms with Gasteiger partial charge in [-0.05, 0) is 37.1 Å². The number of benzene rings is 3. The van der Waals surface area contributed by atoms with Gasteiger partial charge in [0.05, 0.1) is 23.6 Å². The highest BCUT2D eigenvalue weighted by Gasteiger charge is 2.77. The monoisotopic (exact) mass is 493 g/mol. The van der Waals surface area contributed by atoms with Crippen molar-refractivity contribution in [2.24, 2.45) is 11.8 Å². The summed E-state index contributed by atoms with van der Waals surface area (Å²) in [5.41, 5.74) is 1.52. The molecule has 3 aliphatic heterocycles. The maximum Gasteiger partial charge on any atom is 0.332 e. The average molecular weight is 494 g/mol. The molecular weight excluding hydrogens is 466 g/mol. The van der Waals surface area contributed by atoms with Crippen molar-refractivity contribution >= 4 is 29.4 Å². The van der Waals surface area contributed by atoms with E-state index in [1.54, 1.807) is 36.1 Å². The van der Waals surface area contributed by atoms with Crippen LogP contribution in [0.25, 0.3) is 0 Å². The van der Waals surface area contributed by atoms with Crippen molar-refractivity contribution in [3.05, 3.63) is 102 Å². The Balaban J connectivity index is 1.61. The van der Waals surface area contributed by atoms with Gasteiger partial charge in [-0.1, -0.05) is 78.4 Å². The zero-order valence-corrected chi connectivity index (χ0v) is 20.7. The molecule has 0 aromatic heterocycles. The highest BCUT2D eigenvalue weighted by atomic mass is 16.2. The minimum atomic E-state index is -1.52. The smallest absolute Gasteiger partial charge is 0.300 e. The molecule has 0 saturated carbocycles. The number of para-hydroxylation sites is 1. The summed E-state index contributed by atoms with van der Waals surface area (Å²) in [5, 5.41) is 0. The molecule has 0 N–H and O–H groups in total. The molecule has 3 saturated heterocycles. The second-order valence-corrected chi connectivity index (χ2v) is 10.00. The van der Waals surface area contributed by atoms with E-state index in [9.17, 15) is 19.2 Å². The second kappa shape index (κ2) is 8.40. The molecule has 4 atom stereocenters. The third-order valence-electron chi connectivity index (χ3n) is 8.04. The number of rotatable bonds is 5. The number of carbonyl (C=O) groups is 4. The molecule has 3 aromatic carbocycles. The van der Waals surface area contributed by atoms with Crippen molar-refractivity contribution in [1.29, 1.82) is 0 Å². The van der Waals surface area contributed by atoms with Crippen molar-refractivity contribution in [3.63, 3.8) is 0 Å². The molecule has 3 aromatic rings. The summed E-state index contributed by atoms with van der Waals surface area (Å²) in [4.78, 5) is 60.4. The summed E-state index contributed by atoms with van der Waals surface area (Å²) in [5.74, 6) is -2.97. The van der Waals surface area contributed by atoms with E-state index in [-0.39, 0.29) is 24.8 Å². The topological polar surface area (TPSA) is 78.0 Å².